The van der Waals surface area contributed by atoms with Crippen molar-refractivity contribution in [2.75, 3.05) is 0 Å². The first-order chi connectivity index (χ1) is 9.56. The van der Waals surface area contributed by atoms with Gasteiger partial charge in [0.05, 0.1) is 6.26 Å². The van der Waals surface area contributed by atoms with Crippen LogP contribution in [0.3, 0.4) is 0 Å². The fraction of sp³-hybridized carbons (Fsp3) is 0.176. The maximum absolute atomic E-state index is 10.2. The molecular weight excluding hydrogens is 252 g/mol. The molecule has 1 atom stereocenters. The van der Waals surface area contributed by atoms with Gasteiger partial charge in [-0.15, -0.1) is 0 Å². The van der Waals surface area contributed by atoms with Crippen molar-refractivity contribution in [3.8, 4) is 5.75 Å². The number of allylic oxidation sites excluding steroid dienone is 5. The van der Waals surface area contributed by atoms with E-state index in [0.29, 0.717) is 5.57 Å². The summed E-state index contributed by atoms with van der Waals surface area (Å²) >= 11 is 0. The van der Waals surface area contributed by atoms with Gasteiger partial charge in [-0.25, -0.2) is 0 Å². The van der Waals surface area contributed by atoms with Crippen LogP contribution in [0.1, 0.15) is 19.4 Å². The molecule has 3 nitrogen and oxygen atoms in total. The molecule has 3 heteroatoms. The Morgan fingerprint density at radius 2 is 1.80 bits per heavy atom. The first-order valence-corrected chi connectivity index (χ1v) is 6.44. The predicted octanol–water partition coefficient (Wildman–Crippen LogP) is 3.53. The summed E-state index contributed by atoms with van der Waals surface area (Å²) in [6, 6.07) is 6.65. The van der Waals surface area contributed by atoms with Crippen LogP contribution >= 0.6 is 0 Å². The summed E-state index contributed by atoms with van der Waals surface area (Å²) in [5, 5.41) is 19.6. The number of rotatable bonds is 1. The Morgan fingerprint density at radius 3 is 2.50 bits per heavy atom. The van der Waals surface area contributed by atoms with Crippen LogP contribution in [0.2, 0.25) is 0 Å². The van der Waals surface area contributed by atoms with Gasteiger partial charge in [-0.2, -0.15) is 0 Å². The minimum Gasteiger partial charge on any atom is -0.508 e. The lowest BCUT2D eigenvalue weighted by Crippen LogP contribution is -2.06. The average Bonchev–Trinajstić information content (AvgIpc) is 2.40. The molecule has 20 heavy (non-hydrogen) atoms. The molecule has 0 aromatic heterocycles. The van der Waals surface area contributed by atoms with Crippen molar-refractivity contribution in [2.45, 2.75) is 20.0 Å². The van der Waals surface area contributed by atoms with E-state index in [4.69, 9.17) is 4.74 Å². The number of benzene rings is 1. The zero-order valence-corrected chi connectivity index (χ0v) is 11.6. The van der Waals surface area contributed by atoms with Gasteiger partial charge in [-0.3, -0.25) is 0 Å². The fourth-order valence-corrected chi connectivity index (χ4v) is 1.94. The van der Waals surface area contributed by atoms with Crippen molar-refractivity contribution < 1.29 is 14.9 Å². The van der Waals surface area contributed by atoms with Gasteiger partial charge in [0.15, 0.2) is 0 Å². The standard InChI is InChI=1S/C17H18O3/c1-12-4-3-5-17(19)16(11-20-13(2)10-12)14-6-8-15(18)9-7-14/h3-11,17-19H,1-2H3/b5-3+,12-4?,13-10?,16-11-/t17-/m0/s1. The molecule has 0 saturated carbocycles. The van der Waals surface area contributed by atoms with Crippen LogP contribution in [0.5, 0.6) is 5.75 Å². The van der Waals surface area contributed by atoms with Gasteiger partial charge in [0.1, 0.15) is 17.6 Å². The first-order valence-electron chi connectivity index (χ1n) is 6.44. The van der Waals surface area contributed by atoms with E-state index < -0.39 is 6.10 Å². The summed E-state index contributed by atoms with van der Waals surface area (Å²) in [7, 11) is 0. The number of aliphatic hydroxyl groups is 1. The van der Waals surface area contributed by atoms with Gasteiger partial charge in [-0.05, 0) is 43.2 Å². The molecule has 1 aliphatic rings. The molecule has 1 aromatic rings. The molecule has 0 radical (unpaired) electrons. The number of hydrogen-bond acceptors (Lipinski definition) is 3. The van der Waals surface area contributed by atoms with Crippen molar-refractivity contribution in [3.05, 3.63) is 71.7 Å². The Hall–Kier alpha value is -2.26. The van der Waals surface area contributed by atoms with Gasteiger partial charge < -0.3 is 14.9 Å². The third-order valence-corrected chi connectivity index (χ3v) is 2.97. The summed E-state index contributed by atoms with van der Waals surface area (Å²) in [4.78, 5) is 0. The summed E-state index contributed by atoms with van der Waals surface area (Å²) < 4.78 is 5.56. The second-order valence-corrected chi connectivity index (χ2v) is 4.73. The van der Waals surface area contributed by atoms with E-state index in [-0.39, 0.29) is 5.75 Å². The third-order valence-electron chi connectivity index (χ3n) is 2.97. The lowest BCUT2D eigenvalue weighted by Gasteiger charge is -2.13. The molecule has 0 bridgehead atoms. The zero-order valence-electron chi connectivity index (χ0n) is 11.6. The van der Waals surface area contributed by atoms with Crippen molar-refractivity contribution in [3.63, 3.8) is 0 Å². The Morgan fingerprint density at radius 1 is 1.10 bits per heavy atom. The first kappa shape index (κ1) is 14.2. The number of aromatic hydroxyl groups is 1. The van der Waals surface area contributed by atoms with Crippen LogP contribution in [-0.2, 0) is 4.74 Å². The molecule has 0 aliphatic carbocycles. The number of ether oxygens (including phenoxy) is 1. The second-order valence-electron chi connectivity index (χ2n) is 4.73. The molecular formula is C17H18O3. The van der Waals surface area contributed by atoms with E-state index in [1.807, 2.05) is 32.1 Å². The van der Waals surface area contributed by atoms with Gasteiger partial charge >= 0.3 is 0 Å². The number of aliphatic hydroxyl groups excluding tert-OH is 1. The summed E-state index contributed by atoms with van der Waals surface area (Å²) in [6.45, 7) is 3.83. The van der Waals surface area contributed by atoms with Crippen LogP contribution in [0.25, 0.3) is 5.57 Å². The SMILES string of the molecule is CC1=C/C=C/[C@H](O)/C(c2ccc(O)cc2)=C\OC(C)=C1. The third kappa shape index (κ3) is 3.62. The highest BCUT2D eigenvalue weighted by Crippen LogP contribution is 2.23. The fourth-order valence-electron chi connectivity index (χ4n) is 1.94. The number of phenols is 1. The zero-order chi connectivity index (χ0) is 14.5. The van der Waals surface area contributed by atoms with E-state index in [1.165, 1.54) is 0 Å². The Balaban J connectivity index is 2.38. The van der Waals surface area contributed by atoms with Crippen LogP contribution < -0.4 is 0 Å². The van der Waals surface area contributed by atoms with Crippen LogP contribution in [0.15, 0.2) is 66.2 Å². The van der Waals surface area contributed by atoms with Crippen LogP contribution in [-0.4, -0.2) is 16.3 Å². The van der Waals surface area contributed by atoms with E-state index in [9.17, 15) is 10.2 Å². The molecule has 0 spiro atoms. The van der Waals surface area contributed by atoms with E-state index in [0.717, 1.165) is 16.9 Å². The largest absolute Gasteiger partial charge is 0.508 e. The monoisotopic (exact) mass is 270 g/mol. The molecule has 1 aromatic carbocycles. The van der Waals surface area contributed by atoms with Crippen molar-refractivity contribution >= 4 is 5.57 Å². The Kier molecular flexibility index (Phi) is 4.43. The van der Waals surface area contributed by atoms with E-state index in [2.05, 4.69) is 0 Å². The van der Waals surface area contributed by atoms with Gasteiger partial charge in [0.25, 0.3) is 0 Å². The van der Waals surface area contributed by atoms with E-state index >= 15 is 0 Å². The molecule has 2 rings (SSSR count). The minimum absolute atomic E-state index is 0.190. The maximum atomic E-state index is 10.2. The van der Waals surface area contributed by atoms with Crippen molar-refractivity contribution in [1.82, 2.24) is 0 Å². The smallest absolute Gasteiger partial charge is 0.115 e. The summed E-state index contributed by atoms with van der Waals surface area (Å²) in [6.07, 6.45) is 8.13. The lowest BCUT2D eigenvalue weighted by atomic mass is 10.0. The topological polar surface area (TPSA) is 49.7 Å². The van der Waals surface area contributed by atoms with Crippen LogP contribution in [0.4, 0.5) is 0 Å². The van der Waals surface area contributed by atoms with Crippen molar-refractivity contribution in [2.24, 2.45) is 0 Å². The highest BCUT2D eigenvalue weighted by molar-refractivity contribution is 5.70. The predicted molar refractivity (Wildman–Crippen MR) is 79.8 cm³/mol. The molecule has 2 N–H and O–H groups in total. The second kappa shape index (κ2) is 6.26. The molecule has 0 saturated heterocycles. The molecule has 104 valence electrons. The Bertz CT molecular complexity index is 589. The van der Waals surface area contributed by atoms with Gasteiger partial charge in [-0.1, -0.05) is 30.4 Å². The molecule has 1 heterocycles. The van der Waals surface area contributed by atoms with Crippen molar-refractivity contribution in [1.29, 1.82) is 0 Å². The summed E-state index contributed by atoms with van der Waals surface area (Å²) in [5.41, 5.74) is 2.49. The number of hydrogen-bond donors (Lipinski definition) is 2. The summed E-state index contributed by atoms with van der Waals surface area (Å²) in [5.74, 6) is 0.937. The van der Waals surface area contributed by atoms with Crippen LogP contribution in [0, 0.1) is 0 Å². The van der Waals surface area contributed by atoms with Gasteiger partial charge in [0, 0.05) is 5.57 Å². The van der Waals surface area contributed by atoms with E-state index in [1.54, 1.807) is 36.6 Å². The molecule has 0 unspecified atom stereocenters. The normalized spacial score (nSPS) is 23.8. The molecule has 0 fully saturated rings. The molecule has 1 aliphatic heterocycles. The molecule has 0 amide bonds. The Labute approximate surface area is 118 Å². The number of phenolic OH excluding ortho intramolecular Hbond substituents is 1. The lowest BCUT2D eigenvalue weighted by molar-refractivity contribution is 0.273. The maximum Gasteiger partial charge on any atom is 0.115 e. The average molecular weight is 270 g/mol. The minimum atomic E-state index is -0.769. The highest BCUT2D eigenvalue weighted by Gasteiger charge is 2.11. The quantitative estimate of drug-likeness (QED) is 0.820. The van der Waals surface area contributed by atoms with Gasteiger partial charge in [0.2, 0.25) is 0 Å². The highest BCUT2D eigenvalue weighted by atomic mass is 16.5.